The van der Waals surface area contributed by atoms with E-state index in [-0.39, 0.29) is 11.9 Å². The maximum absolute atomic E-state index is 5.69. The fourth-order valence-electron chi connectivity index (χ4n) is 1.26. The summed E-state index contributed by atoms with van der Waals surface area (Å²) in [6.45, 7) is 7.24. The molecule has 2 nitrogen and oxygen atoms in total. The first kappa shape index (κ1) is 9.01. The molecule has 1 atom stereocenters. The summed E-state index contributed by atoms with van der Waals surface area (Å²) in [6, 6.07) is 0. The average molecular weight is 158 g/mol. The van der Waals surface area contributed by atoms with Gasteiger partial charge in [0.25, 0.3) is 0 Å². The standard InChI is InChI=1S/C9H18O2/c1-4-5-8-10-7-6-9(2,3)11-8/h8H,4-7H2,1-3H3. The molecule has 0 aliphatic carbocycles. The van der Waals surface area contributed by atoms with Gasteiger partial charge in [-0.25, -0.2) is 0 Å². The van der Waals surface area contributed by atoms with Gasteiger partial charge in [0, 0.05) is 0 Å². The molecule has 1 rings (SSSR count). The van der Waals surface area contributed by atoms with Crippen molar-refractivity contribution in [1.82, 2.24) is 0 Å². The maximum atomic E-state index is 5.69. The number of rotatable bonds is 2. The minimum Gasteiger partial charge on any atom is -0.353 e. The van der Waals surface area contributed by atoms with Gasteiger partial charge >= 0.3 is 0 Å². The Morgan fingerprint density at radius 3 is 2.73 bits per heavy atom. The summed E-state index contributed by atoms with van der Waals surface area (Å²) in [6.07, 6.45) is 3.20. The van der Waals surface area contributed by atoms with Crippen molar-refractivity contribution in [2.75, 3.05) is 6.61 Å². The Morgan fingerprint density at radius 1 is 1.45 bits per heavy atom. The molecule has 66 valence electrons. The molecule has 0 spiro atoms. The van der Waals surface area contributed by atoms with Gasteiger partial charge in [0.15, 0.2) is 6.29 Å². The van der Waals surface area contributed by atoms with Crippen LogP contribution in [0.5, 0.6) is 0 Å². The highest BCUT2D eigenvalue weighted by Gasteiger charge is 2.28. The summed E-state index contributed by atoms with van der Waals surface area (Å²) in [5, 5.41) is 0. The zero-order valence-electron chi connectivity index (χ0n) is 7.72. The van der Waals surface area contributed by atoms with Gasteiger partial charge in [-0.05, 0) is 26.7 Å². The zero-order valence-corrected chi connectivity index (χ0v) is 7.72. The largest absolute Gasteiger partial charge is 0.353 e. The van der Waals surface area contributed by atoms with Gasteiger partial charge in [0.05, 0.1) is 12.2 Å². The quantitative estimate of drug-likeness (QED) is 0.614. The van der Waals surface area contributed by atoms with Crippen LogP contribution in [-0.4, -0.2) is 18.5 Å². The van der Waals surface area contributed by atoms with E-state index in [0.29, 0.717) is 0 Å². The fraction of sp³-hybridized carbons (Fsp3) is 1.00. The van der Waals surface area contributed by atoms with Crippen molar-refractivity contribution in [3.05, 3.63) is 0 Å². The molecule has 1 aliphatic rings. The highest BCUT2D eigenvalue weighted by atomic mass is 16.7. The highest BCUT2D eigenvalue weighted by molar-refractivity contribution is 4.72. The summed E-state index contributed by atoms with van der Waals surface area (Å²) < 4.78 is 11.1. The first-order chi connectivity index (χ1) is 5.14. The van der Waals surface area contributed by atoms with Gasteiger partial charge in [-0.1, -0.05) is 13.3 Å². The highest BCUT2D eigenvalue weighted by Crippen LogP contribution is 2.24. The minimum absolute atomic E-state index is 0.0259. The summed E-state index contributed by atoms with van der Waals surface area (Å²) in [4.78, 5) is 0. The van der Waals surface area contributed by atoms with E-state index in [2.05, 4.69) is 20.8 Å². The minimum atomic E-state index is 0.0259. The topological polar surface area (TPSA) is 18.5 Å². The number of hydrogen-bond donors (Lipinski definition) is 0. The lowest BCUT2D eigenvalue weighted by Crippen LogP contribution is -2.38. The molecule has 11 heavy (non-hydrogen) atoms. The van der Waals surface area contributed by atoms with E-state index >= 15 is 0 Å². The van der Waals surface area contributed by atoms with Crippen LogP contribution in [0.3, 0.4) is 0 Å². The molecule has 0 amide bonds. The van der Waals surface area contributed by atoms with Crippen LogP contribution in [0.25, 0.3) is 0 Å². The summed E-state index contributed by atoms with van der Waals surface area (Å²) in [7, 11) is 0. The van der Waals surface area contributed by atoms with E-state index in [9.17, 15) is 0 Å². The number of hydrogen-bond acceptors (Lipinski definition) is 2. The smallest absolute Gasteiger partial charge is 0.158 e. The maximum Gasteiger partial charge on any atom is 0.158 e. The molecule has 0 radical (unpaired) electrons. The second kappa shape index (κ2) is 3.55. The third-order valence-electron chi connectivity index (χ3n) is 1.98. The molecule has 1 saturated heterocycles. The van der Waals surface area contributed by atoms with Crippen LogP contribution in [0.1, 0.15) is 40.0 Å². The Hall–Kier alpha value is -0.0800. The molecule has 0 aromatic rings. The van der Waals surface area contributed by atoms with Crippen LogP contribution in [0.2, 0.25) is 0 Å². The van der Waals surface area contributed by atoms with Crippen LogP contribution in [0.15, 0.2) is 0 Å². The Morgan fingerprint density at radius 2 is 2.18 bits per heavy atom. The lowest BCUT2D eigenvalue weighted by Gasteiger charge is -2.35. The Labute approximate surface area is 68.9 Å². The van der Waals surface area contributed by atoms with Crippen molar-refractivity contribution in [3.8, 4) is 0 Å². The molecular weight excluding hydrogens is 140 g/mol. The van der Waals surface area contributed by atoms with E-state index in [4.69, 9.17) is 9.47 Å². The Bertz CT molecular complexity index is 119. The third-order valence-corrected chi connectivity index (χ3v) is 1.98. The van der Waals surface area contributed by atoms with Gasteiger partial charge in [-0.2, -0.15) is 0 Å². The molecule has 0 N–H and O–H groups in total. The summed E-state index contributed by atoms with van der Waals surface area (Å²) >= 11 is 0. The molecule has 0 aromatic heterocycles. The Balaban J connectivity index is 2.34. The third kappa shape index (κ3) is 2.80. The normalized spacial score (nSPS) is 30.3. The van der Waals surface area contributed by atoms with Crippen molar-refractivity contribution >= 4 is 0 Å². The van der Waals surface area contributed by atoms with Crippen LogP contribution in [0.4, 0.5) is 0 Å². The summed E-state index contributed by atoms with van der Waals surface area (Å²) in [5.41, 5.74) is 0.0259. The van der Waals surface area contributed by atoms with E-state index in [1.807, 2.05) is 0 Å². The second-order valence-corrected chi connectivity index (χ2v) is 3.72. The molecule has 1 heterocycles. The van der Waals surface area contributed by atoms with Gasteiger partial charge in [-0.15, -0.1) is 0 Å². The van der Waals surface area contributed by atoms with Crippen LogP contribution >= 0.6 is 0 Å². The van der Waals surface area contributed by atoms with E-state index in [1.165, 1.54) is 0 Å². The van der Waals surface area contributed by atoms with Crippen molar-refractivity contribution in [2.45, 2.75) is 51.9 Å². The first-order valence-corrected chi connectivity index (χ1v) is 4.43. The first-order valence-electron chi connectivity index (χ1n) is 4.43. The molecule has 0 bridgehead atoms. The average Bonchev–Trinajstić information content (AvgIpc) is 1.85. The molecule has 0 saturated carbocycles. The molecule has 1 unspecified atom stereocenters. The lowest BCUT2D eigenvalue weighted by atomic mass is 10.0. The fourth-order valence-corrected chi connectivity index (χ4v) is 1.26. The van der Waals surface area contributed by atoms with Gasteiger partial charge in [0.1, 0.15) is 0 Å². The van der Waals surface area contributed by atoms with Crippen molar-refractivity contribution in [2.24, 2.45) is 0 Å². The van der Waals surface area contributed by atoms with Crippen LogP contribution in [0, 0.1) is 0 Å². The van der Waals surface area contributed by atoms with Gasteiger partial charge in [0.2, 0.25) is 0 Å². The van der Waals surface area contributed by atoms with Crippen molar-refractivity contribution < 1.29 is 9.47 Å². The van der Waals surface area contributed by atoms with Gasteiger partial charge in [-0.3, -0.25) is 0 Å². The molecule has 2 heteroatoms. The van der Waals surface area contributed by atoms with Gasteiger partial charge < -0.3 is 9.47 Å². The van der Waals surface area contributed by atoms with E-state index < -0.39 is 0 Å². The Kier molecular flexibility index (Phi) is 2.90. The van der Waals surface area contributed by atoms with Crippen LogP contribution in [-0.2, 0) is 9.47 Å². The molecule has 1 aliphatic heterocycles. The van der Waals surface area contributed by atoms with Crippen molar-refractivity contribution in [1.29, 1.82) is 0 Å². The predicted octanol–water partition coefficient (Wildman–Crippen LogP) is 2.33. The lowest BCUT2D eigenvalue weighted by molar-refractivity contribution is -0.246. The molecule has 0 aromatic carbocycles. The second-order valence-electron chi connectivity index (χ2n) is 3.72. The number of ether oxygens (including phenoxy) is 2. The zero-order chi connectivity index (χ0) is 8.32. The van der Waals surface area contributed by atoms with Crippen molar-refractivity contribution in [3.63, 3.8) is 0 Å². The molecule has 1 fully saturated rings. The summed E-state index contributed by atoms with van der Waals surface area (Å²) in [5.74, 6) is 0. The van der Waals surface area contributed by atoms with E-state index in [0.717, 1.165) is 25.9 Å². The predicted molar refractivity (Wildman–Crippen MR) is 44.4 cm³/mol. The molecular formula is C9H18O2. The SMILES string of the molecule is CCCC1OCCC(C)(C)O1. The monoisotopic (exact) mass is 158 g/mol. The van der Waals surface area contributed by atoms with Crippen LogP contribution < -0.4 is 0 Å². The van der Waals surface area contributed by atoms with E-state index in [1.54, 1.807) is 0 Å².